The highest BCUT2D eigenvalue weighted by molar-refractivity contribution is 5.81. The number of piperazine rings is 1. The summed E-state index contributed by atoms with van der Waals surface area (Å²) in [5, 5.41) is 10.2. The first kappa shape index (κ1) is 32.3. The molecular formula is C32H37F3N2O6. The molecule has 1 atom stereocenters. The molecule has 4 rings (SSSR count). The van der Waals surface area contributed by atoms with Crippen LogP contribution in [0, 0.1) is 0 Å². The average molecular weight is 603 g/mol. The molecule has 1 fully saturated rings. The Hall–Kier alpha value is -3.64. The molecule has 3 aromatic carbocycles. The number of aliphatic hydroxyl groups excluding tert-OH is 1. The summed E-state index contributed by atoms with van der Waals surface area (Å²) in [6.07, 6.45) is -5.54. The number of aliphatic hydroxyl groups is 1. The standard InChI is InChI=1S/C32H37F3N2O6/c1-40-27-12-8-25(9-13-27)31(24-6-4-3-5-7-24,26-10-14-28(41-2)15-11-26)43-23-29(22-38)42-21-20-36-16-18-37(19-17-36)30(39)32(33,34)35/h3-15,29,38H,16-23H2,1-2H3/t29-/m1/s1. The molecule has 0 aliphatic carbocycles. The highest BCUT2D eigenvalue weighted by Crippen LogP contribution is 2.41. The van der Waals surface area contributed by atoms with Gasteiger partial charge in [-0.25, -0.2) is 0 Å². The van der Waals surface area contributed by atoms with Crippen molar-refractivity contribution in [3.63, 3.8) is 0 Å². The van der Waals surface area contributed by atoms with Crippen molar-refractivity contribution in [3.05, 3.63) is 95.6 Å². The predicted octanol–water partition coefficient (Wildman–Crippen LogP) is 4.10. The summed E-state index contributed by atoms with van der Waals surface area (Å²) in [7, 11) is 3.20. The second-order valence-electron chi connectivity index (χ2n) is 10.1. The zero-order valence-corrected chi connectivity index (χ0v) is 24.3. The summed E-state index contributed by atoms with van der Waals surface area (Å²) in [5.74, 6) is -0.419. The molecule has 1 aliphatic rings. The van der Waals surface area contributed by atoms with E-state index in [1.165, 1.54) is 0 Å². The van der Waals surface area contributed by atoms with Gasteiger partial charge in [-0.3, -0.25) is 9.69 Å². The molecule has 0 bridgehead atoms. The fraction of sp³-hybridized carbons (Fsp3) is 0.406. The molecule has 8 nitrogen and oxygen atoms in total. The molecule has 0 saturated carbocycles. The second-order valence-corrected chi connectivity index (χ2v) is 10.1. The number of halogens is 3. The summed E-state index contributed by atoms with van der Waals surface area (Å²) >= 11 is 0. The topological polar surface area (TPSA) is 80.7 Å². The lowest BCUT2D eigenvalue weighted by Crippen LogP contribution is -2.52. The Morgan fingerprint density at radius 3 is 1.79 bits per heavy atom. The van der Waals surface area contributed by atoms with Crippen molar-refractivity contribution >= 4 is 5.91 Å². The molecule has 0 radical (unpaired) electrons. The molecule has 1 heterocycles. The van der Waals surface area contributed by atoms with Crippen LogP contribution in [0.5, 0.6) is 11.5 Å². The molecule has 232 valence electrons. The molecule has 0 unspecified atom stereocenters. The van der Waals surface area contributed by atoms with Crippen LogP contribution in [0.15, 0.2) is 78.9 Å². The highest BCUT2D eigenvalue weighted by Gasteiger charge is 2.43. The zero-order valence-electron chi connectivity index (χ0n) is 24.3. The van der Waals surface area contributed by atoms with E-state index < -0.39 is 23.8 Å². The van der Waals surface area contributed by atoms with Crippen molar-refractivity contribution in [3.8, 4) is 11.5 Å². The van der Waals surface area contributed by atoms with Crippen molar-refractivity contribution in [2.45, 2.75) is 17.9 Å². The average Bonchev–Trinajstić information content (AvgIpc) is 3.04. The van der Waals surface area contributed by atoms with Crippen LogP contribution in [0.25, 0.3) is 0 Å². The number of hydrogen-bond donors (Lipinski definition) is 1. The third-order valence-electron chi connectivity index (χ3n) is 7.53. The number of nitrogens with zero attached hydrogens (tertiary/aromatic N) is 2. The largest absolute Gasteiger partial charge is 0.497 e. The summed E-state index contributed by atoms with van der Waals surface area (Å²) in [6.45, 7) is 0.995. The fourth-order valence-electron chi connectivity index (χ4n) is 5.15. The van der Waals surface area contributed by atoms with Crippen LogP contribution >= 0.6 is 0 Å². The Bertz CT molecular complexity index is 1230. The van der Waals surface area contributed by atoms with Gasteiger partial charge < -0.3 is 29.0 Å². The van der Waals surface area contributed by atoms with Gasteiger partial charge in [-0.2, -0.15) is 13.2 Å². The lowest BCUT2D eigenvalue weighted by molar-refractivity contribution is -0.187. The fourth-order valence-corrected chi connectivity index (χ4v) is 5.15. The molecule has 1 N–H and O–H groups in total. The summed E-state index contributed by atoms with van der Waals surface area (Å²) < 4.78 is 61.7. The van der Waals surface area contributed by atoms with Gasteiger partial charge in [0.05, 0.1) is 34.0 Å². The van der Waals surface area contributed by atoms with Gasteiger partial charge in [0.1, 0.15) is 23.2 Å². The van der Waals surface area contributed by atoms with Gasteiger partial charge in [-0.15, -0.1) is 0 Å². The van der Waals surface area contributed by atoms with Crippen LogP contribution in [-0.4, -0.2) is 99.9 Å². The monoisotopic (exact) mass is 602 g/mol. The van der Waals surface area contributed by atoms with Crippen LogP contribution in [0.2, 0.25) is 0 Å². The van der Waals surface area contributed by atoms with Gasteiger partial charge in [0.25, 0.3) is 0 Å². The first-order valence-electron chi connectivity index (χ1n) is 14.0. The minimum Gasteiger partial charge on any atom is -0.497 e. The number of amides is 1. The molecule has 43 heavy (non-hydrogen) atoms. The number of carbonyl (C=O) groups is 1. The van der Waals surface area contributed by atoms with Crippen molar-refractivity contribution in [2.24, 2.45) is 0 Å². The minimum absolute atomic E-state index is 0.00575. The maximum atomic E-state index is 12.7. The van der Waals surface area contributed by atoms with E-state index in [9.17, 15) is 23.1 Å². The van der Waals surface area contributed by atoms with E-state index in [4.69, 9.17) is 18.9 Å². The lowest BCUT2D eigenvalue weighted by Gasteiger charge is -2.37. The van der Waals surface area contributed by atoms with E-state index in [1.807, 2.05) is 83.8 Å². The normalized spacial score (nSPS) is 15.3. The van der Waals surface area contributed by atoms with E-state index in [0.29, 0.717) is 31.1 Å². The SMILES string of the molecule is COc1ccc(C(OC[C@@H](CO)OCCN2CCN(C(=O)C(F)(F)F)CC2)(c2ccccc2)c2ccc(OC)cc2)cc1. The van der Waals surface area contributed by atoms with Gasteiger partial charge in [0.15, 0.2) is 0 Å². The van der Waals surface area contributed by atoms with Crippen LogP contribution in [0.1, 0.15) is 16.7 Å². The smallest absolute Gasteiger partial charge is 0.471 e. The van der Waals surface area contributed by atoms with E-state index in [2.05, 4.69) is 0 Å². The molecule has 1 aliphatic heterocycles. The van der Waals surface area contributed by atoms with E-state index in [1.54, 1.807) is 14.2 Å². The molecule has 0 spiro atoms. The highest BCUT2D eigenvalue weighted by atomic mass is 19.4. The summed E-state index contributed by atoms with van der Waals surface area (Å²) in [5.41, 5.74) is 1.48. The van der Waals surface area contributed by atoms with E-state index in [0.717, 1.165) is 21.6 Å². The number of benzene rings is 3. The zero-order chi connectivity index (χ0) is 30.9. The van der Waals surface area contributed by atoms with Crippen molar-refractivity contribution < 1.29 is 42.0 Å². The Morgan fingerprint density at radius 2 is 1.33 bits per heavy atom. The van der Waals surface area contributed by atoms with Gasteiger partial charge in [0, 0.05) is 32.7 Å². The molecule has 1 amide bonds. The number of hydrogen-bond acceptors (Lipinski definition) is 7. The maximum Gasteiger partial charge on any atom is 0.471 e. The Morgan fingerprint density at radius 1 is 0.814 bits per heavy atom. The molecule has 11 heteroatoms. The Kier molecular flexibility index (Phi) is 11.0. The van der Waals surface area contributed by atoms with Gasteiger partial charge in [0.2, 0.25) is 0 Å². The third kappa shape index (κ3) is 7.85. The first-order chi connectivity index (χ1) is 20.7. The van der Waals surface area contributed by atoms with Gasteiger partial charge >= 0.3 is 12.1 Å². The summed E-state index contributed by atoms with van der Waals surface area (Å²) in [6, 6.07) is 25.0. The van der Waals surface area contributed by atoms with Crippen molar-refractivity contribution in [2.75, 3.05) is 66.8 Å². The first-order valence-corrected chi connectivity index (χ1v) is 14.0. The second kappa shape index (κ2) is 14.7. The number of methoxy groups -OCH3 is 2. The van der Waals surface area contributed by atoms with Gasteiger partial charge in [-0.05, 0) is 41.0 Å². The molecular weight excluding hydrogens is 565 g/mol. The van der Waals surface area contributed by atoms with Crippen molar-refractivity contribution in [1.82, 2.24) is 9.80 Å². The van der Waals surface area contributed by atoms with Crippen LogP contribution in [-0.2, 0) is 19.9 Å². The molecule has 1 saturated heterocycles. The number of alkyl halides is 3. The van der Waals surface area contributed by atoms with Crippen LogP contribution in [0.3, 0.4) is 0 Å². The van der Waals surface area contributed by atoms with E-state index >= 15 is 0 Å². The predicted molar refractivity (Wildman–Crippen MR) is 154 cm³/mol. The minimum atomic E-state index is -4.87. The summed E-state index contributed by atoms with van der Waals surface area (Å²) in [4.78, 5) is 14.2. The van der Waals surface area contributed by atoms with Crippen LogP contribution < -0.4 is 9.47 Å². The number of rotatable bonds is 13. The van der Waals surface area contributed by atoms with E-state index in [-0.39, 0.29) is 32.9 Å². The Balaban J connectivity index is 1.49. The Labute approximate surface area is 249 Å². The maximum absolute atomic E-state index is 12.7. The van der Waals surface area contributed by atoms with Crippen LogP contribution in [0.4, 0.5) is 13.2 Å². The van der Waals surface area contributed by atoms with Gasteiger partial charge in [-0.1, -0.05) is 54.6 Å². The lowest BCUT2D eigenvalue weighted by atomic mass is 9.80. The number of carbonyl (C=O) groups excluding carboxylic acids is 1. The third-order valence-corrected chi connectivity index (χ3v) is 7.53. The molecule has 0 aromatic heterocycles. The molecule has 3 aromatic rings. The van der Waals surface area contributed by atoms with Crippen molar-refractivity contribution in [1.29, 1.82) is 0 Å². The number of ether oxygens (including phenoxy) is 4. The quantitative estimate of drug-likeness (QED) is 0.295.